The van der Waals surface area contributed by atoms with Crippen molar-refractivity contribution in [3.63, 3.8) is 0 Å². The van der Waals surface area contributed by atoms with E-state index in [-0.39, 0.29) is 6.10 Å². The van der Waals surface area contributed by atoms with E-state index in [2.05, 4.69) is 20.6 Å². The van der Waals surface area contributed by atoms with Crippen LogP contribution in [0, 0.1) is 6.92 Å². The summed E-state index contributed by atoms with van der Waals surface area (Å²) in [5.41, 5.74) is 0.932. The molecule has 1 aliphatic rings. The third kappa shape index (κ3) is 4.34. The van der Waals surface area contributed by atoms with E-state index in [1.165, 1.54) is 12.8 Å². The van der Waals surface area contributed by atoms with Crippen molar-refractivity contribution < 1.29 is 4.74 Å². The van der Waals surface area contributed by atoms with Crippen molar-refractivity contribution in [3.8, 4) is 5.88 Å². The lowest BCUT2D eigenvalue weighted by Crippen LogP contribution is -2.35. The molecule has 1 aromatic heterocycles. The van der Waals surface area contributed by atoms with Crippen LogP contribution in [0.1, 0.15) is 45.2 Å². The van der Waals surface area contributed by atoms with Crippen LogP contribution >= 0.6 is 0 Å². The Balaban J connectivity index is 1.97. The van der Waals surface area contributed by atoms with Gasteiger partial charge in [0.25, 0.3) is 0 Å². The Hall–Kier alpha value is -1.36. The SMILES string of the molecule is CNC1CCC(Nc2nc(C)cc(OC(C)C)n2)CC1. The molecule has 0 bridgehead atoms. The minimum absolute atomic E-state index is 0.128. The van der Waals surface area contributed by atoms with Crippen LogP contribution in [0.3, 0.4) is 0 Å². The number of ether oxygens (including phenoxy) is 1. The number of nitrogens with zero attached hydrogens (tertiary/aromatic N) is 2. The van der Waals surface area contributed by atoms with Gasteiger partial charge < -0.3 is 15.4 Å². The summed E-state index contributed by atoms with van der Waals surface area (Å²) >= 11 is 0. The summed E-state index contributed by atoms with van der Waals surface area (Å²) in [7, 11) is 2.04. The minimum Gasteiger partial charge on any atom is -0.475 e. The van der Waals surface area contributed by atoms with Gasteiger partial charge in [0.1, 0.15) is 0 Å². The predicted octanol–water partition coefficient (Wildman–Crippen LogP) is 2.51. The van der Waals surface area contributed by atoms with Crippen molar-refractivity contribution in [2.75, 3.05) is 12.4 Å². The molecule has 1 aromatic rings. The predicted molar refractivity (Wildman–Crippen MR) is 81.3 cm³/mol. The van der Waals surface area contributed by atoms with Gasteiger partial charge in [-0.15, -0.1) is 0 Å². The van der Waals surface area contributed by atoms with Crippen molar-refractivity contribution in [3.05, 3.63) is 11.8 Å². The van der Waals surface area contributed by atoms with Crippen LogP contribution in [0.2, 0.25) is 0 Å². The number of nitrogens with one attached hydrogen (secondary N) is 2. The third-order valence-electron chi connectivity index (χ3n) is 3.66. The Morgan fingerprint density at radius 3 is 2.40 bits per heavy atom. The highest BCUT2D eigenvalue weighted by Crippen LogP contribution is 2.22. The molecule has 0 radical (unpaired) electrons. The van der Waals surface area contributed by atoms with E-state index in [0.29, 0.717) is 23.9 Å². The summed E-state index contributed by atoms with van der Waals surface area (Å²) in [5, 5.41) is 6.80. The Labute approximate surface area is 121 Å². The van der Waals surface area contributed by atoms with Crippen LogP contribution in [0.25, 0.3) is 0 Å². The largest absolute Gasteiger partial charge is 0.475 e. The van der Waals surface area contributed by atoms with Gasteiger partial charge in [-0.1, -0.05) is 0 Å². The van der Waals surface area contributed by atoms with E-state index in [1.54, 1.807) is 0 Å². The maximum Gasteiger partial charge on any atom is 0.226 e. The fourth-order valence-corrected chi connectivity index (χ4v) is 2.62. The van der Waals surface area contributed by atoms with Crippen LogP contribution in [0.15, 0.2) is 6.07 Å². The van der Waals surface area contributed by atoms with Gasteiger partial charge in [0.2, 0.25) is 11.8 Å². The first kappa shape index (κ1) is 15.0. The number of aromatic nitrogens is 2. The second-order valence-electron chi connectivity index (χ2n) is 5.82. The molecule has 1 saturated carbocycles. The van der Waals surface area contributed by atoms with Gasteiger partial charge >= 0.3 is 0 Å². The molecule has 112 valence electrons. The van der Waals surface area contributed by atoms with Crippen LogP contribution in [-0.2, 0) is 0 Å². The average Bonchev–Trinajstić information content (AvgIpc) is 2.38. The number of hydrogen-bond donors (Lipinski definition) is 2. The van der Waals surface area contributed by atoms with E-state index in [1.807, 2.05) is 33.9 Å². The normalized spacial score (nSPS) is 22.9. The number of rotatable bonds is 5. The molecule has 20 heavy (non-hydrogen) atoms. The van der Waals surface area contributed by atoms with Crippen molar-refractivity contribution in [2.24, 2.45) is 0 Å². The smallest absolute Gasteiger partial charge is 0.226 e. The third-order valence-corrected chi connectivity index (χ3v) is 3.66. The molecule has 0 aliphatic heterocycles. The van der Waals surface area contributed by atoms with Gasteiger partial charge in [-0.2, -0.15) is 4.98 Å². The van der Waals surface area contributed by atoms with Crippen molar-refractivity contribution in [2.45, 2.75) is 64.6 Å². The molecule has 5 heteroatoms. The Morgan fingerprint density at radius 1 is 1.15 bits per heavy atom. The Bertz CT molecular complexity index is 428. The molecule has 0 spiro atoms. The molecule has 5 nitrogen and oxygen atoms in total. The Morgan fingerprint density at radius 2 is 1.80 bits per heavy atom. The lowest BCUT2D eigenvalue weighted by Gasteiger charge is -2.28. The van der Waals surface area contributed by atoms with E-state index in [9.17, 15) is 0 Å². The van der Waals surface area contributed by atoms with Gasteiger partial charge in [-0.25, -0.2) is 4.98 Å². The quantitative estimate of drug-likeness (QED) is 0.866. The highest BCUT2D eigenvalue weighted by atomic mass is 16.5. The Kier molecular flexibility index (Phi) is 5.17. The second kappa shape index (κ2) is 6.88. The van der Waals surface area contributed by atoms with Crippen LogP contribution in [0.4, 0.5) is 5.95 Å². The molecule has 0 amide bonds. The number of aryl methyl sites for hydroxylation is 1. The first-order valence-corrected chi connectivity index (χ1v) is 7.53. The zero-order valence-electron chi connectivity index (χ0n) is 12.9. The van der Waals surface area contributed by atoms with Gasteiger partial charge in [-0.3, -0.25) is 0 Å². The summed E-state index contributed by atoms with van der Waals surface area (Å²) < 4.78 is 5.66. The van der Waals surface area contributed by atoms with E-state index in [0.717, 1.165) is 18.5 Å². The summed E-state index contributed by atoms with van der Waals surface area (Å²) in [5.74, 6) is 1.34. The van der Waals surface area contributed by atoms with Gasteiger partial charge in [0, 0.05) is 23.8 Å². The molecule has 0 aromatic carbocycles. The maximum atomic E-state index is 5.66. The number of anilines is 1. The summed E-state index contributed by atoms with van der Waals surface area (Å²) in [6.07, 6.45) is 4.85. The van der Waals surface area contributed by atoms with Crippen molar-refractivity contribution in [1.82, 2.24) is 15.3 Å². The molecular weight excluding hydrogens is 252 g/mol. The topological polar surface area (TPSA) is 59.1 Å². The molecule has 0 saturated heterocycles. The summed E-state index contributed by atoms with van der Waals surface area (Å²) in [6.45, 7) is 5.98. The molecule has 2 rings (SSSR count). The fourth-order valence-electron chi connectivity index (χ4n) is 2.62. The summed E-state index contributed by atoms with van der Waals surface area (Å²) in [4.78, 5) is 8.90. The molecule has 0 atom stereocenters. The van der Waals surface area contributed by atoms with E-state index in [4.69, 9.17) is 4.74 Å². The molecule has 1 fully saturated rings. The van der Waals surface area contributed by atoms with E-state index < -0.39 is 0 Å². The zero-order chi connectivity index (χ0) is 14.5. The lowest BCUT2D eigenvalue weighted by atomic mass is 9.91. The van der Waals surface area contributed by atoms with Crippen LogP contribution < -0.4 is 15.4 Å². The molecule has 1 heterocycles. The fraction of sp³-hybridized carbons (Fsp3) is 0.733. The second-order valence-corrected chi connectivity index (χ2v) is 5.82. The molecule has 0 unspecified atom stereocenters. The highest BCUT2D eigenvalue weighted by Gasteiger charge is 2.20. The average molecular weight is 278 g/mol. The minimum atomic E-state index is 0.128. The van der Waals surface area contributed by atoms with Crippen molar-refractivity contribution >= 4 is 5.95 Å². The van der Waals surface area contributed by atoms with Gasteiger partial charge in [-0.05, 0) is 53.5 Å². The first-order chi connectivity index (χ1) is 9.56. The van der Waals surface area contributed by atoms with Gasteiger partial charge in [0.15, 0.2) is 0 Å². The maximum absolute atomic E-state index is 5.66. The first-order valence-electron chi connectivity index (χ1n) is 7.53. The van der Waals surface area contributed by atoms with E-state index >= 15 is 0 Å². The standard InChI is InChI=1S/C15H26N4O/c1-10(2)20-14-9-11(3)17-15(19-14)18-13-7-5-12(16-4)6-8-13/h9-10,12-13,16H,5-8H2,1-4H3,(H,17,18,19). The van der Waals surface area contributed by atoms with Crippen LogP contribution in [0.5, 0.6) is 5.88 Å². The zero-order valence-corrected chi connectivity index (χ0v) is 12.9. The van der Waals surface area contributed by atoms with Crippen molar-refractivity contribution in [1.29, 1.82) is 0 Å². The monoisotopic (exact) mass is 278 g/mol. The van der Waals surface area contributed by atoms with Gasteiger partial charge in [0.05, 0.1) is 6.10 Å². The molecule has 2 N–H and O–H groups in total. The molecular formula is C15H26N4O. The lowest BCUT2D eigenvalue weighted by molar-refractivity contribution is 0.232. The number of hydrogen-bond acceptors (Lipinski definition) is 5. The summed E-state index contributed by atoms with van der Waals surface area (Å²) in [6, 6.07) is 3.00. The highest BCUT2D eigenvalue weighted by molar-refractivity contribution is 5.32. The van der Waals surface area contributed by atoms with Crippen LogP contribution in [-0.4, -0.2) is 35.2 Å². The molecule has 1 aliphatic carbocycles.